The third-order valence-corrected chi connectivity index (χ3v) is 0.654. The summed E-state index contributed by atoms with van der Waals surface area (Å²) < 4.78 is 1.76. The Hall–Kier alpha value is 0.726. The molecule has 0 rings (SSSR count). The van der Waals surface area contributed by atoms with E-state index in [1.165, 1.54) is 24.6 Å². The molecular formula is C2H4OPo. The molecule has 0 saturated heterocycles. The summed E-state index contributed by atoms with van der Waals surface area (Å²) in [5.74, 6) is 0. The van der Waals surface area contributed by atoms with Gasteiger partial charge in [-0.05, 0) is 0 Å². The van der Waals surface area contributed by atoms with Gasteiger partial charge in [0.05, 0.1) is 0 Å². The molecule has 1 nitrogen and oxygen atoms in total. The summed E-state index contributed by atoms with van der Waals surface area (Å²) >= 11 is 1.33. The molecule has 0 heterocycles. The SMILES string of the molecule is OC[CH]=[Po]. The van der Waals surface area contributed by atoms with E-state index in [-0.39, 0.29) is 6.61 Å². The first-order valence-electron chi connectivity index (χ1n) is 0.960. The predicted octanol–water partition coefficient (Wildman–Crippen LogP) is -1.05. The van der Waals surface area contributed by atoms with Crippen LogP contribution in [0.5, 0.6) is 0 Å². The summed E-state index contributed by atoms with van der Waals surface area (Å²) in [4.78, 5) is 0. The van der Waals surface area contributed by atoms with E-state index in [4.69, 9.17) is 5.11 Å². The molecule has 0 aliphatic heterocycles. The Bertz CT molecular complexity index is 20.0. The van der Waals surface area contributed by atoms with Crippen LogP contribution in [0.3, 0.4) is 0 Å². The fourth-order valence-corrected chi connectivity index (χ4v) is 0. The molecule has 0 radical (unpaired) electrons. The van der Waals surface area contributed by atoms with Gasteiger partial charge in [-0.25, -0.2) is 0 Å². The van der Waals surface area contributed by atoms with Crippen LogP contribution >= 0.6 is 0 Å². The molecule has 0 saturated carbocycles. The average Bonchev–Trinajstić information content (AvgIpc) is 1.37. The summed E-state index contributed by atoms with van der Waals surface area (Å²) in [6.45, 7) is 0.231. The fourth-order valence-electron chi connectivity index (χ4n) is 0. The van der Waals surface area contributed by atoms with Gasteiger partial charge in [-0.15, -0.1) is 0 Å². The topological polar surface area (TPSA) is 20.2 Å². The van der Waals surface area contributed by atoms with Crippen molar-refractivity contribution in [3.05, 3.63) is 0 Å². The van der Waals surface area contributed by atoms with Crippen LogP contribution in [0.2, 0.25) is 0 Å². The van der Waals surface area contributed by atoms with Gasteiger partial charge in [0, 0.05) is 0 Å². The molecule has 4 heavy (non-hydrogen) atoms. The van der Waals surface area contributed by atoms with E-state index in [2.05, 4.69) is 0 Å². The van der Waals surface area contributed by atoms with E-state index in [0.29, 0.717) is 0 Å². The van der Waals surface area contributed by atoms with Crippen LogP contribution < -0.4 is 0 Å². The summed E-state index contributed by atoms with van der Waals surface area (Å²) in [6.07, 6.45) is 0. The van der Waals surface area contributed by atoms with Crippen LogP contribution in [0.25, 0.3) is 0 Å². The molecule has 0 aromatic heterocycles. The summed E-state index contributed by atoms with van der Waals surface area (Å²) in [5.41, 5.74) is 0. The van der Waals surface area contributed by atoms with Crippen molar-refractivity contribution >= 4 is 28.2 Å². The second-order valence-electron chi connectivity index (χ2n) is 0.349. The third-order valence-electron chi connectivity index (χ3n) is 0.0745. The zero-order valence-corrected chi connectivity index (χ0v) is 5.31. The molecule has 0 aliphatic carbocycles. The second-order valence-corrected chi connectivity index (χ2v) is 1.65. The van der Waals surface area contributed by atoms with Crippen LogP contribution in [0.4, 0.5) is 0 Å². The van der Waals surface area contributed by atoms with E-state index in [1.54, 1.807) is 3.66 Å². The Kier molecular flexibility index (Phi) is 4.40. The maximum absolute atomic E-state index is 7.84. The first-order valence-corrected chi connectivity index (χ1v) is 2.79. The zero-order chi connectivity index (χ0) is 3.41. The Morgan fingerprint density at radius 2 is 2.25 bits per heavy atom. The van der Waals surface area contributed by atoms with Gasteiger partial charge in [-0.1, -0.05) is 0 Å². The van der Waals surface area contributed by atoms with Crippen molar-refractivity contribution in [2.45, 2.75) is 0 Å². The van der Waals surface area contributed by atoms with E-state index >= 15 is 0 Å². The zero-order valence-electron chi connectivity index (χ0n) is 2.14. The Labute approximate surface area is 40.2 Å². The Morgan fingerprint density at radius 3 is 2.25 bits per heavy atom. The summed E-state index contributed by atoms with van der Waals surface area (Å²) in [7, 11) is 0. The molecule has 0 atom stereocenters. The standard InChI is InChI=1S/C2H4O.Po/c1-2-3;/h1,3H,2H2;. The Balaban J connectivity index is 2.30. The van der Waals surface area contributed by atoms with E-state index in [1.807, 2.05) is 0 Å². The molecule has 1 N–H and O–H groups in total. The van der Waals surface area contributed by atoms with Crippen molar-refractivity contribution < 1.29 is 5.11 Å². The van der Waals surface area contributed by atoms with Gasteiger partial charge in [-0.2, -0.15) is 0 Å². The average molecular weight is 253 g/mol. The first-order chi connectivity index (χ1) is 1.91. The van der Waals surface area contributed by atoms with Crippen molar-refractivity contribution in [1.29, 1.82) is 0 Å². The van der Waals surface area contributed by atoms with Crippen LogP contribution in [-0.2, 0) is 0 Å². The molecule has 0 unspecified atom stereocenters. The van der Waals surface area contributed by atoms with Crippen LogP contribution in [-0.4, -0.2) is 40.0 Å². The number of hydrogen-bond donors (Lipinski definition) is 1. The third kappa shape index (κ3) is 2.73. The molecule has 0 aromatic carbocycles. The molecule has 0 amide bonds. The van der Waals surface area contributed by atoms with Gasteiger partial charge >= 0.3 is 40.0 Å². The van der Waals surface area contributed by atoms with Crippen molar-refractivity contribution in [2.75, 3.05) is 6.61 Å². The van der Waals surface area contributed by atoms with Gasteiger partial charge in [0.15, 0.2) is 0 Å². The van der Waals surface area contributed by atoms with Crippen molar-refractivity contribution in [1.82, 2.24) is 0 Å². The summed E-state index contributed by atoms with van der Waals surface area (Å²) in [6, 6.07) is 0. The summed E-state index contributed by atoms with van der Waals surface area (Å²) in [5, 5.41) is 7.84. The van der Waals surface area contributed by atoms with Gasteiger partial charge in [0.1, 0.15) is 0 Å². The number of rotatable bonds is 1. The monoisotopic (exact) mass is 253 g/mol. The van der Waals surface area contributed by atoms with E-state index in [9.17, 15) is 0 Å². The maximum atomic E-state index is 7.84. The van der Waals surface area contributed by atoms with Crippen LogP contribution in [0, 0.1) is 0 Å². The van der Waals surface area contributed by atoms with E-state index < -0.39 is 0 Å². The van der Waals surface area contributed by atoms with Crippen molar-refractivity contribution in [3.63, 3.8) is 0 Å². The number of aliphatic hydroxyl groups is 1. The number of hydrogen-bond acceptors (Lipinski definition) is 1. The van der Waals surface area contributed by atoms with Gasteiger partial charge in [-0.3, -0.25) is 0 Å². The second kappa shape index (κ2) is 3.73. The van der Waals surface area contributed by atoms with Crippen molar-refractivity contribution in [2.24, 2.45) is 0 Å². The normalized spacial score (nSPS) is 6.25. The molecule has 0 spiro atoms. The minimum absolute atomic E-state index is 0.231. The first kappa shape index (κ1) is 4.73. The Morgan fingerprint density at radius 1 is 2.00 bits per heavy atom. The van der Waals surface area contributed by atoms with Gasteiger partial charge < -0.3 is 0 Å². The van der Waals surface area contributed by atoms with Crippen LogP contribution in [0.1, 0.15) is 0 Å². The quantitative estimate of drug-likeness (QED) is 0.632. The van der Waals surface area contributed by atoms with E-state index in [0.717, 1.165) is 0 Å². The molecule has 0 aromatic rings. The van der Waals surface area contributed by atoms with Gasteiger partial charge in [0.2, 0.25) is 0 Å². The molecule has 0 bridgehead atoms. The molecular weight excluding hydrogens is 249 g/mol. The fraction of sp³-hybridized carbons (Fsp3) is 0.500. The number of aliphatic hydroxyl groups excluding tert-OH is 1. The molecule has 24 valence electrons. The van der Waals surface area contributed by atoms with Gasteiger partial charge in [0.25, 0.3) is 0 Å². The molecule has 2 heteroatoms. The predicted molar refractivity (Wildman–Crippen MR) is 18.9 cm³/mol. The minimum atomic E-state index is 0.231. The molecule has 0 aliphatic rings. The van der Waals surface area contributed by atoms with Crippen LogP contribution in [0.15, 0.2) is 0 Å². The van der Waals surface area contributed by atoms with Crippen molar-refractivity contribution in [3.8, 4) is 0 Å². The molecule has 0 fully saturated rings.